The summed E-state index contributed by atoms with van der Waals surface area (Å²) in [6.07, 6.45) is 3.72. The molecule has 2 rings (SSSR count). The van der Waals surface area contributed by atoms with Gasteiger partial charge in [-0.25, -0.2) is 4.79 Å². The van der Waals surface area contributed by atoms with Gasteiger partial charge in [0.05, 0.1) is 12.8 Å². The van der Waals surface area contributed by atoms with Gasteiger partial charge >= 0.3 is 5.97 Å². The van der Waals surface area contributed by atoms with Crippen LogP contribution in [0.25, 0.3) is 11.3 Å². The molecule has 5 heteroatoms. The van der Waals surface area contributed by atoms with Crippen molar-refractivity contribution in [3.05, 3.63) is 29.7 Å². The number of ether oxygens (including phenoxy) is 1. The van der Waals surface area contributed by atoms with Gasteiger partial charge in [0.2, 0.25) is 0 Å². The molecule has 0 spiro atoms. The standard InChI is InChI=1S/C13H17N3O2.C2H6.CH4/c1-8(2)16-6-5-11(15-16)10-7-14-12(9(10)3)13(17)18-4;1-2;/h5-8,14H,1-4H3;1-2H3;1H4. The van der Waals surface area contributed by atoms with Crippen LogP contribution in [0.3, 0.4) is 0 Å². The number of esters is 1. The molecule has 5 nitrogen and oxygen atoms in total. The smallest absolute Gasteiger partial charge is 0.354 e. The molecular weight excluding hydrogens is 266 g/mol. The molecule has 0 bridgehead atoms. The molecule has 0 aromatic carbocycles. The topological polar surface area (TPSA) is 59.9 Å². The maximum Gasteiger partial charge on any atom is 0.354 e. The summed E-state index contributed by atoms with van der Waals surface area (Å²) in [7, 11) is 1.37. The first-order valence-electron chi connectivity index (χ1n) is 6.86. The molecule has 2 aromatic rings. The second-order valence-electron chi connectivity index (χ2n) is 4.47. The van der Waals surface area contributed by atoms with E-state index in [1.54, 1.807) is 6.20 Å². The molecule has 21 heavy (non-hydrogen) atoms. The van der Waals surface area contributed by atoms with E-state index in [1.807, 2.05) is 37.7 Å². The second-order valence-corrected chi connectivity index (χ2v) is 4.47. The highest BCUT2D eigenvalue weighted by atomic mass is 16.5. The first-order chi connectivity index (χ1) is 9.54. The lowest BCUT2D eigenvalue weighted by Crippen LogP contribution is -2.03. The van der Waals surface area contributed by atoms with E-state index in [4.69, 9.17) is 4.74 Å². The van der Waals surface area contributed by atoms with Crippen LogP contribution in [0.2, 0.25) is 0 Å². The Morgan fingerprint density at radius 2 is 2.00 bits per heavy atom. The van der Waals surface area contributed by atoms with Gasteiger partial charge in [0.15, 0.2) is 0 Å². The third-order valence-corrected chi connectivity index (χ3v) is 2.94. The average molecular weight is 293 g/mol. The van der Waals surface area contributed by atoms with Gasteiger partial charge in [-0.1, -0.05) is 21.3 Å². The zero-order chi connectivity index (χ0) is 15.3. The first kappa shape index (κ1) is 19.0. The molecule has 0 aliphatic carbocycles. The van der Waals surface area contributed by atoms with Crippen molar-refractivity contribution < 1.29 is 9.53 Å². The lowest BCUT2D eigenvalue weighted by molar-refractivity contribution is 0.0594. The van der Waals surface area contributed by atoms with E-state index in [0.717, 1.165) is 16.8 Å². The maximum atomic E-state index is 11.5. The highest BCUT2D eigenvalue weighted by Crippen LogP contribution is 2.25. The number of hydrogen-bond acceptors (Lipinski definition) is 3. The van der Waals surface area contributed by atoms with Gasteiger partial charge < -0.3 is 9.72 Å². The highest BCUT2D eigenvalue weighted by Gasteiger charge is 2.17. The van der Waals surface area contributed by atoms with E-state index in [9.17, 15) is 4.79 Å². The van der Waals surface area contributed by atoms with E-state index in [0.29, 0.717) is 11.7 Å². The Morgan fingerprint density at radius 1 is 1.38 bits per heavy atom. The molecule has 0 saturated heterocycles. The van der Waals surface area contributed by atoms with Crippen molar-refractivity contribution in [3.8, 4) is 11.3 Å². The predicted molar refractivity (Wildman–Crippen MR) is 86.6 cm³/mol. The molecule has 2 aromatic heterocycles. The van der Waals surface area contributed by atoms with Crippen molar-refractivity contribution >= 4 is 5.97 Å². The van der Waals surface area contributed by atoms with Crippen molar-refractivity contribution in [2.75, 3.05) is 7.11 Å². The SMILES string of the molecule is C.CC.COC(=O)c1[nH]cc(-c2ccn(C(C)C)n2)c1C. The number of carbonyl (C=O) groups excluding carboxylic acids is 1. The van der Waals surface area contributed by atoms with Gasteiger partial charge in [0.1, 0.15) is 5.69 Å². The first-order valence-corrected chi connectivity index (χ1v) is 6.86. The Hall–Kier alpha value is -2.04. The second kappa shape index (κ2) is 8.29. The van der Waals surface area contributed by atoms with Crippen molar-refractivity contribution in [3.63, 3.8) is 0 Å². The number of H-pyrrole nitrogens is 1. The minimum atomic E-state index is -0.359. The maximum absolute atomic E-state index is 11.5. The van der Waals surface area contributed by atoms with E-state index in [2.05, 4.69) is 23.9 Å². The monoisotopic (exact) mass is 293 g/mol. The molecule has 0 saturated carbocycles. The van der Waals surface area contributed by atoms with E-state index in [1.165, 1.54) is 7.11 Å². The van der Waals surface area contributed by atoms with Crippen LogP contribution < -0.4 is 0 Å². The summed E-state index contributed by atoms with van der Waals surface area (Å²) >= 11 is 0. The number of nitrogens with zero attached hydrogens (tertiary/aromatic N) is 2. The molecule has 0 radical (unpaired) electrons. The van der Waals surface area contributed by atoms with Crippen LogP contribution in [0.15, 0.2) is 18.5 Å². The average Bonchev–Trinajstić information content (AvgIpc) is 3.06. The summed E-state index contributed by atoms with van der Waals surface area (Å²) in [5.41, 5.74) is 3.12. The number of carbonyl (C=O) groups is 1. The lowest BCUT2D eigenvalue weighted by Gasteiger charge is -2.03. The Balaban J connectivity index is 0.00000128. The summed E-state index contributed by atoms with van der Waals surface area (Å²) in [4.78, 5) is 14.5. The zero-order valence-corrected chi connectivity index (χ0v) is 13.0. The van der Waals surface area contributed by atoms with Crippen molar-refractivity contribution in [1.29, 1.82) is 0 Å². The van der Waals surface area contributed by atoms with Gasteiger partial charge in [-0.05, 0) is 32.4 Å². The minimum absolute atomic E-state index is 0. The van der Waals surface area contributed by atoms with Crippen molar-refractivity contribution in [2.24, 2.45) is 0 Å². The number of methoxy groups -OCH3 is 1. The Bertz CT molecular complexity index is 568. The third kappa shape index (κ3) is 3.97. The quantitative estimate of drug-likeness (QED) is 0.862. The molecule has 0 atom stereocenters. The van der Waals surface area contributed by atoms with Crippen LogP contribution in [-0.2, 0) is 4.74 Å². The number of aromatic nitrogens is 3. The summed E-state index contributed by atoms with van der Waals surface area (Å²) in [5, 5.41) is 4.48. The zero-order valence-electron chi connectivity index (χ0n) is 13.0. The molecule has 0 aliphatic rings. The van der Waals surface area contributed by atoms with Crippen LogP contribution in [0.1, 0.15) is 57.2 Å². The van der Waals surface area contributed by atoms with Gasteiger partial charge in [-0.3, -0.25) is 4.68 Å². The summed E-state index contributed by atoms with van der Waals surface area (Å²) in [5.74, 6) is -0.359. The van der Waals surface area contributed by atoms with E-state index >= 15 is 0 Å². The molecule has 1 N–H and O–H groups in total. The fourth-order valence-electron chi connectivity index (χ4n) is 1.84. The predicted octanol–water partition coefficient (Wildman–Crippen LogP) is 4.22. The summed E-state index contributed by atoms with van der Waals surface area (Å²) < 4.78 is 6.60. The van der Waals surface area contributed by atoms with Gasteiger partial charge in [0, 0.05) is 24.0 Å². The Labute approximate surface area is 127 Å². The van der Waals surface area contributed by atoms with E-state index in [-0.39, 0.29) is 13.4 Å². The van der Waals surface area contributed by atoms with Crippen LogP contribution >= 0.6 is 0 Å². The Kier molecular flexibility index (Phi) is 7.49. The summed E-state index contributed by atoms with van der Waals surface area (Å²) in [6.45, 7) is 10.0. The molecular formula is C16H27N3O2. The number of aromatic amines is 1. The third-order valence-electron chi connectivity index (χ3n) is 2.94. The minimum Gasteiger partial charge on any atom is -0.464 e. The molecule has 0 amide bonds. The van der Waals surface area contributed by atoms with E-state index < -0.39 is 0 Å². The van der Waals surface area contributed by atoms with Crippen LogP contribution in [-0.4, -0.2) is 27.8 Å². The lowest BCUT2D eigenvalue weighted by atomic mass is 10.1. The largest absolute Gasteiger partial charge is 0.464 e. The Morgan fingerprint density at radius 3 is 2.48 bits per heavy atom. The normalized spacial score (nSPS) is 9.67. The van der Waals surface area contributed by atoms with Gasteiger partial charge in [-0.2, -0.15) is 5.10 Å². The van der Waals surface area contributed by atoms with Crippen LogP contribution in [0, 0.1) is 6.92 Å². The molecule has 118 valence electrons. The fraction of sp³-hybridized carbons (Fsp3) is 0.500. The molecule has 2 heterocycles. The number of rotatable bonds is 3. The molecule has 0 fully saturated rings. The highest BCUT2D eigenvalue weighted by molar-refractivity contribution is 5.91. The van der Waals surface area contributed by atoms with Gasteiger partial charge in [-0.15, -0.1) is 0 Å². The molecule has 0 unspecified atom stereocenters. The number of nitrogens with one attached hydrogen (secondary N) is 1. The summed E-state index contributed by atoms with van der Waals surface area (Å²) in [6, 6.07) is 2.26. The fourth-order valence-corrected chi connectivity index (χ4v) is 1.84. The molecule has 0 aliphatic heterocycles. The van der Waals surface area contributed by atoms with Gasteiger partial charge in [0.25, 0.3) is 0 Å². The van der Waals surface area contributed by atoms with Crippen molar-refractivity contribution in [2.45, 2.75) is 48.1 Å². The number of hydrogen-bond donors (Lipinski definition) is 1. The van der Waals surface area contributed by atoms with Crippen LogP contribution in [0.4, 0.5) is 0 Å². The van der Waals surface area contributed by atoms with Crippen molar-refractivity contribution in [1.82, 2.24) is 14.8 Å². The van der Waals surface area contributed by atoms with Crippen LogP contribution in [0.5, 0.6) is 0 Å².